The second kappa shape index (κ2) is 12.4. The molecular formula is C23H32F6N2O. The lowest BCUT2D eigenvalue weighted by Gasteiger charge is -2.29. The number of piperidine rings is 1. The van der Waals surface area contributed by atoms with E-state index in [2.05, 4.69) is 24.1 Å². The fourth-order valence-electron chi connectivity index (χ4n) is 3.26. The third-order valence-corrected chi connectivity index (χ3v) is 5.02. The number of rotatable bonds is 3. The lowest BCUT2D eigenvalue weighted by atomic mass is 9.91. The molecule has 1 aliphatic heterocycles. The predicted octanol–water partition coefficient (Wildman–Crippen LogP) is 7.28. The molecule has 1 aromatic carbocycles. The molecule has 0 saturated carbocycles. The third-order valence-electron chi connectivity index (χ3n) is 5.02. The second-order valence-electron chi connectivity index (χ2n) is 7.30. The van der Waals surface area contributed by atoms with Gasteiger partial charge in [0.2, 0.25) is 0 Å². The normalized spacial score (nSPS) is 17.7. The molecule has 182 valence electrons. The number of pyridine rings is 1. The number of hydrogen-bond donors (Lipinski definition) is 2. The first kappa shape index (κ1) is 28.2. The van der Waals surface area contributed by atoms with Crippen LogP contribution in [0.2, 0.25) is 0 Å². The molecule has 0 radical (unpaired) electrons. The van der Waals surface area contributed by atoms with E-state index in [-0.39, 0.29) is 10.9 Å². The van der Waals surface area contributed by atoms with Crippen molar-refractivity contribution in [3.8, 4) is 0 Å². The zero-order valence-corrected chi connectivity index (χ0v) is 18.9. The van der Waals surface area contributed by atoms with E-state index in [1.54, 1.807) is 0 Å². The number of halogens is 6. The molecule has 1 fully saturated rings. The summed E-state index contributed by atoms with van der Waals surface area (Å²) in [6, 6.07) is 3.16. The summed E-state index contributed by atoms with van der Waals surface area (Å²) in [5.41, 5.74) is -3.72. The lowest BCUT2D eigenvalue weighted by molar-refractivity contribution is -0.142. The Labute approximate surface area is 185 Å². The highest BCUT2D eigenvalue weighted by Crippen LogP contribution is 2.39. The largest absolute Gasteiger partial charge is 0.433 e. The van der Waals surface area contributed by atoms with E-state index in [4.69, 9.17) is 0 Å². The van der Waals surface area contributed by atoms with Crippen molar-refractivity contribution in [1.29, 1.82) is 0 Å². The average molecular weight is 467 g/mol. The molecule has 2 aromatic rings. The van der Waals surface area contributed by atoms with Crippen molar-refractivity contribution in [2.45, 2.75) is 84.3 Å². The number of aliphatic hydroxyl groups excluding tert-OH is 1. The van der Waals surface area contributed by atoms with Crippen LogP contribution in [0, 0.1) is 0 Å². The smallest absolute Gasteiger partial charge is 0.387 e. The highest BCUT2D eigenvalue weighted by Gasteiger charge is 2.38. The van der Waals surface area contributed by atoms with Crippen LogP contribution in [-0.2, 0) is 12.4 Å². The molecule has 1 aliphatic rings. The van der Waals surface area contributed by atoms with Crippen LogP contribution in [0.5, 0.6) is 0 Å². The van der Waals surface area contributed by atoms with Gasteiger partial charge in [0.25, 0.3) is 0 Å². The van der Waals surface area contributed by atoms with E-state index in [0.29, 0.717) is 25.1 Å². The zero-order valence-electron chi connectivity index (χ0n) is 18.9. The summed E-state index contributed by atoms with van der Waals surface area (Å²) in [6.07, 6.45) is -6.36. The summed E-state index contributed by atoms with van der Waals surface area (Å²) < 4.78 is 79.3. The molecule has 1 saturated heterocycles. The van der Waals surface area contributed by atoms with Gasteiger partial charge in [0.15, 0.2) is 0 Å². The van der Waals surface area contributed by atoms with Gasteiger partial charge in [-0.15, -0.1) is 0 Å². The second-order valence-corrected chi connectivity index (χ2v) is 7.30. The van der Waals surface area contributed by atoms with Crippen LogP contribution in [0.15, 0.2) is 24.3 Å². The standard InChI is InChI=1S/C17H16F6N2O.C4H10.C2H6/c18-16(19,20)11-5-3-4-9-10(15(26)12-6-1-2-7-24-12)8-13(17(21,22)23)25-14(9)11;1-3-4-2;1-2/h3-5,8,12,15,24,26H,1-2,6-7H2;3-4H2,1-2H3;1-2H3. The molecule has 2 atom stereocenters. The van der Waals surface area contributed by atoms with Gasteiger partial charge in [-0.25, -0.2) is 4.98 Å². The van der Waals surface area contributed by atoms with Gasteiger partial charge < -0.3 is 10.4 Å². The number of aromatic nitrogens is 1. The molecule has 2 unspecified atom stereocenters. The van der Waals surface area contributed by atoms with Gasteiger partial charge >= 0.3 is 12.4 Å². The van der Waals surface area contributed by atoms with Crippen molar-refractivity contribution >= 4 is 10.9 Å². The van der Waals surface area contributed by atoms with Gasteiger partial charge in [-0.1, -0.05) is 59.1 Å². The maximum absolute atomic E-state index is 13.2. The Kier molecular flexibility index (Phi) is 10.9. The van der Waals surface area contributed by atoms with Crippen LogP contribution in [0.3, 0.4) is 0 Å². The lowest BCUT2D eigenvalue weighted by Crippen LogP contribution is -2.39. The average Bonchev–Trinajstić information content (AvgIpc) is 2.78. The highest BCUT2D eigenvalue weighted by molar-refractivity contribution is 5.86. The Morgan fingerprint density at radius 2 is 1.66 bits per heavy atom. The number of fused-ring (bicyclic) bond motifs is 1. The first-order chi connectivity index (χ1) is 15.0. The van der Waals surface area contributed by atoms with Gasteiger partial charge in [0, 0.05) is 11.4 Å². The van der Waals surface area contributed by atoms with Crippen molar-refractivity contribution < 1.29 is 31.4 Å². The molecule has 0 spiro atoms. The van der Waals surface area contributed by atoms with Gasteiger partial charge in [-0.3, -0.25) is 0 Å². The van der Waals surface area contributed by atoms with Crippen LogP contribution < -0.4 is 5.32 Å². The summed E-state index contributed by atoms with van der Waals surface area (Å²) in [5, 5.41) is 13.5. The highest BCUT2D eigenvalue weighted by atomic mass is 19.4. The minimum Gasteiger partial charge on any atom is -0.387 e. The van der Waals surface area contributed by atoms with Crippen LogP contribution in [0.4, 0.5) is 26.3 Å². The summed E-state index contributed by atoms with van der Waals surface area (Å²) in [5.74, 6) is 0. The molecule has 0 bridgehead atoms. The molecule has 3 rings (SSSR count). The van der Waals surface area contributed by atoms with Crippen LogP contribution in [-0.4, -0.2) is 22.7 Å². The fraction of sp³-hybridized carbons (Fsp3) is 0.609. The zero-order chi connectivity index (χ0) is 24.5. The molecule has 2 N–H and O–H groups in total. The van der Waals surface area contributed by atoms with Crippen LogP contribution in [0.25, 0.3) is 10.9 Å². The van der Waals surface area contributed by atoms with Gasteiger partial charge in [0.05, 0.1) is 17.2 Å². The fourth-order valence-corrected chi connectivity index (χ4v) is 3.26. The molecule has 0 amide bonds. The topological polar surface area (TPSA) is 45.2 Å². The Bertz CT molecular complexity index is 828. The van der Waals surface area contributed by atoms with Gasteiger partial charge in [-0.05, 0) is 37.1 Å². The maximum Gasteiger partial charge on any atom is 0.433 e. The van der Waals surface area contributed by atoms with Crippen LogP contribution >= 0.6 is 0 Å². The van der Waals surface area contributed by atoms with Crippen molar-refractivity contribution in [2.24, 2.45) is 0 Å². The third kappa shape index (κ3) is 7.33. The maximum atomic E-state index is 13.2. The molecule has 9 heteroatoms. The Balaban J connectivity index is 0.000000769. The summed E-state index contributed by atoms with van der Waals surface area (Å²) in [6.45, 7) is 8.95. The molecule has 1 aromatic heterocycles. The van der Waals surface area contributed by atoms with Crippen molar-refractivity contribution in [3.63, 3.8) is 0 Å². The van der Waals surface area contributed by atoms with E-state index >= 15 is 0 Å². The van der Waals surface area contributed by atoms with Crippen molar-refractivity contribution in [2.75, 3.05) is 6.54 Å². The number of aliphatic hydroxyl groups is 1. The quantitative estimate of drug-likeness (QED) is 0.467. The van der Waals surface area contributed by atoms with E-state index in [0.717, 1.165) is 18.9 Å². The predicted molar refractivity (Wildman–Crippen MR) is 114 cm³/mol. The molecular weight excluding hydrogens is 434 g/mol. The number of unbranched alkanes of at least 4 members (excludes halogenated alkanes) is 1. The minimum atomic E-state index is -4.93. The van der Waals surface area contributed by atoms with Crippen molar-refractivity contribution in [1.82, 2.24) is 10.3 Å². The number of para-hydroxylation sites is 1. The SMILES string of the molecule is CC.CCCC.OC(c1cc(C(F)(F)F)nc2c(C(F)(F)F)cccc12)C1CCCCN1. The number of hydrogen-bond acceptors (Lipinski definition) is 3. The van der Waals surface area contributed by atoms with Crippen LogP contribution in [0.1, 0.15) is 82.7 Å². The summed E-state index contributed by atoms with van der Waals surface area (Å²) >= 11 is 0. The van der Waals surface area contributed by atoms with Gasteiger partial charge in [0.1, 0.15) is 5.69 Å². The first-order valence-electron chi connectivity index (χ1n) is 11.0. The molecule has 2 heterocycles. The monoisotopic (exact) mass is 466 g/mol. The molecule has 32 heavy (non-hydrogen) atoms. The molecule has 3 nitrogen and oxygen atoms in total. The number of nitrogens with one attached hydrogen (secondary N) is 1. The number of benzene rings is 1. The number of nitrogens with zero attached hydrogens (tertiary/aromatic N) is 1. The van der Waals surface area contributed by atoms with E-state index in [1.807, 2.05) is 13.8 Å². The van der Waals surface area contributed by atoms with Gasteiger partial charge in [-0.2, -0.15) is 26.3 Å². The summed E-state index contributed by atoms with van der Waals surface area (Å²) in [4.78, 5) is 3.22. The van der Waals surface area contributed by atoms with E-state index in [1.165, 1.54) is 18.9 Å². The number of alkyl halides is 6. The first-order valence-corrected chi connectivity index (χ1v) is 11.0. The Morgan fingerprint density at radius 3 is 2.12 bits per heavy atom. The van der Waals surface area contributed by atoms with E-state index in [9.17, 15) is 31.4 Å². The Hall–Kier alpha value is -1.87. The molecule has 0 aliphatic carbocycles. The summed E-state index contributed by atoms with van der Waals surface area (Å²) in [7, 11) is 0. The Morgan fingerprint density at radius 1 is 1.03 bits per heavy atom. The van der Waals surface area contributed by atoms with E-state index < -0.39 is 41.3 Å². The van der Waals surface area contributed by atoms with Crippen molar-refractivity contribution in [3.05, 3.63) is 41.1 Å². The minimum absolute atomic E-state index is 0.132.